The summed E-state index contributed by atoms with van der Waals surface area (Å²) in [5.41, 5.74) is 7.72. The van der Waals surface area contributed by atoms with Gasteiger partial charge in [0, 0.05) is 6.42 Å². The fraction of sp³-hybridized carbons (Fsp3) is 0.323. The number of carboxylic acids is 1. The topological polar surface area (TPSA) is 220 Å². The molecule has 0 aliphatic heterocycles. The minimum atomic E-state index is -1.65. The molecular formula is C31H37N5O8. The molecule has 234 valence electrons. The van der Waals surface area contributed by atoms with E-state index in [1.54, 1.807) is 0 Å². The number of nitrogens with two attached hydrogens (primary N) is 1. The van der Waals surface area contributed by atoms with Crippen LogP contribution in [0.2, 0.25) is 0 Å². The molecule has 0 bridgehead atoms. The fourth-order valence-corrected chi connectivity index (χ4v) is 4.42. The fourth-order valence-electron chi connectivity index (χ4n) is 4.42. The average molecular weight is 608 g/mol. The molecule has 0 radical (unpaired) electrons. The van der Waals surface area contributed by atoms with Gasteiger partial charge >= 0.3 is 5.97 Å². The maximum atomic E-state index is 13.3. The molecule has 0 spiro atoms. The number of amides is 4. The molecule has 3 aromatic rings. The number of fused-ring (bicyclic) bond motifs is 1. The van der Waals surface area contributed by atoms with E-state index in [1.165, 1.54) is 6.92 Å². The van der Waals surface area contributed by atoms with Gasteiger partial charge < -0.3 is 42.3 Å². The lowest BCUT2D eigenvalue weighted by atomic mass is 10.00. The van der Waals surface area contributed by atoms with Crippen molar-refractivity contribution in [2.75, 3.05) is 13.2 Å². The number of carbonyl (C=O) groups is 5. The Hall–Kier alpha value is -4.85. The van der Waals surface area contributed by atoms with Gasteiger partial charge in [-0.3, -0.25) is 19.2 Å². The van der Waals surface area contributed by atoms with Gasteiger partial charge in [-0.2, -0.15) is 0 Å². The quantitative estimate of drug-likeness (QED) is 0.106. The number of aliphatic hydroxyl groups is 2. The van der Waals surface area contributed by atoms with E-state index < -0.39 is 73.0 Å². The van der Waals surface area contributed by atoms with Gasteiger partial charge in [-0.05, 0) is 35.2 Å². The second-order valence-corrected chi connectivity index (χ2v) is 10.3. The Bertz CT molecular complexity index is 1470. The molecule has 0 aromatic heterocycles. The number of aliphatic carboxylic acids is 1. The number of benzene rings is 3. The molecule has 0 unspecified atom stereocenters. The highest BCUT2D eigenvalue weighted by Crippen LogP contribution is 2.17. The summed E-state index contributed by atoms with van der Waals surface area (Å²) in [6.07, 6.45) is -1.12. The highest BCUT2D eigenvalue weighted by atomic mass is 16.4. The number of carboxylic acid groups (broad SMARTS) is 1. The van der Waals surface area contributed by atoms with Crippen LogP contribution in [-0.2, 0) is 36.8 Å². The summed E-state index contributed by atoms with van der Waals surface area (Å²) in [6.45, 7) is -0.333. The second-order valence-electron chi connectivity index (χ2n) is 10.3. The smallest absolute Gasteiger partial charge is 0.328 e. The maximum Gasteiger partial charge on any atom is 0.328 e. The van der Waals surface area contributed by atoms with Crippen LogP contribution in [0.4, 0.5) is 0 Å². The summed E-state index contributed by atoms with van der Waals surface area (Å²) in [4.78, 5) is 62.5. The van der Waals surface area contributed by atoms with Crippen LogP contribution in [0, 0.1) is 0 Å². The van der Waals surface area contributed by atoms with Crippen molar-refractivity contribution < 1.29 is 39.3 Å². The monoisotopic (exact) mass is 607 g/mol. The predicted octanol–water partition coefficient (Wildman–Crippen LogP) is -1.02. The van der Waals surface area contributed by atoms with Crippen molar-refractivity contribution in [1.82, 2.24) is 21.3 Å². The zero-order valence-corrected chi connectivity index (χ0v) is 24.1. The Morgan fingerprint density at radius 3 is 2.02 bits per heavy atom. The first-order valence-electron chi connectivity index (χ1n) is 13.9. The van der Waals surface area contributed by atoms with Gasteiger partial charge in [-0.15, -0.1) is 0 Å². The van der Waals surface area contributed by atoms with Crippen LogP contribution in [0.25, 0.3) is 10.8 Å². The molecule has 0 saturated heterocycles. The molecule has 0 heterocycles. The Kier molecular flexibility index (Phi) is 12.3. The molecule has 9 N–H and O–H groups in total. The van der Waals surface area contributed by atoms with E-state index in [0.717, 1.165) is 21.9 Å². The van der Waals surface area contributed by atoms with E-state index in [0.29, 0.717) is 0 Å². The largest absolute Gasteiger partial charge is 0.480 e. The first-order chi connectivity index (χ1) is 21.0. The van der Waals surface area contributed by atoms with Crippen LogP contribution in [0.1, 0.15) is 18.1 Å². The molecule has 3 aromatic carbocycles. The van der Waals surface area contributed by atoms with Crippen LogP contribution >= 0.6 is 0 Å². The van der Waals surface area contributed by atoms with Crippen LogP contribution in [0.15, 0.2) is 72.8 Å². The van der Waals surface area contributed by atoms with Crippen LogP contribution < -0.4 is 27.0 Å². The van der Waals surface area contributed by atoms with Crippen molar-refractivity contribution in [3.05, 3.63) is 83.9 Å². The number of carbonyl (C=O) groups excluding carboxylic acids is 4. The Labute approximate surface area is 253 Å². The first-order valence-corrected chi connectivity index (χ1v) is 13.9. The van der Waals surface area contributed by atoms with Crippen molar-refractivity contribution in [2.45, 2.75) is 50.0 Å². The van der Waals surface area contributed by atoms with Gasteiger partial charge in [0.2, 0.25) is 23.6 Å². The Balaban J connectivity index is 1.70. The minimum Gasteiger partial charge on any atom is -0.480 e. The van der Waals surface area contributed by atoms with Crippen LogP contribution in [0.3, 0.4) is 0 Å². The van der Waals surface area contributed by atoms with E-state index >= 15 is 0 Å². The molecule has 4 amide bonds. The summed E-state index contributed by atoms with van der Waals surface area (Å²) in [7, 11) is 0. The normalized spacial score (nSPS) is 14.4. The summed E-state index contributed by atoms with van der Waals surface area (Å²) in [5.74, 6) is -4.69. The summed E-state index contributed by atoms with van der Waals surface area (Å²) >= 11 is 0. The molecule has 0 aliphatic carbocycles. The van der Waals surface area contributed by atoms with E-state index in [-0.39, 0.29) is 12.8 Å². The van der Waals surface area contributed by atoms with E-state index in [1.807, 2.05) is 78.1 Å². The van der Waals surface area contributed by atoms with Gasteiger partial charge in [0.1, 0.15) is 18.1 Å². The van der Waals surface area contributed by atoms with Crippen molar-refractivity contribution in [2.24, 2.45) is 5.73 Å². The number of hydrogen-bond donors (Lipinski definition) is 8. The van der Waals surface area contributed by atoms with Crippen molar-refractivity contribution in [1.29, 1.82) is 0 Å². The van der Waals surface area contributed by atoms with Gasteiger partial charge in [-0.25, -0.2) is 4.79 Å². The summed E-state index contributed by atoms with van der Waals surface area (Å²) < 4.78 is 0. The lowest BCUT2D eigenvalue weighted by Gasteiger charge is -2.23. The molecule has 0 saturated carbocycles. The highest BCUT2D eigenvalue weighted by Gasteiger charge is 2.30. The van der Waals surface area contributed by atoms with Crippen LogP contribution in [0.5, 0.6) is 0 Å². The third-order valence-electron chi connectivity index (χ3n) is 6.82. The van der Waals surface area contributed by atoms with E-state index in [9.17, 15) is 29.1 Å². The third kappa shape index (κ3) is 9.87. The maximum absolute atomic E-state index is 13.3. The van der Waals surface area contributed by atoms with Crippen molar-refractivity contribution in [3.63, 3.8) is 0 Å². The van der Waals surface area contributed by atoms with Gasteiger partial charge in [0.15, 0.2) is 0 Å². The Morgan fingerprint density at radius 1 is 0.750 bits per heavy atom. The van der Waals surface area contributed by atoms with Gasteiger partial charge in [0.05, 0.1) is 25.3 Å². The van der Waals surface area contributed by atoms with Gasteiger partial charge in [-0.1, -0.05) is 72.8 Å². The lowest BCUT2D eigenvalue weighted by molar-refractivity contribution is -0.144. The molecular weight excluding hydrogens is 570 g/mol. The molecule has 13 nitrogen and oxygen atoms in total. The standard InChI is InChI=1S/C31H37N5O8/c1-18(38)27(30(42)35-25(17-37)31(43)44)36-26(39)16-33-29(41)24(15-20-11-12-21-9-5-6-10-22(21)13-20)34-28(40)23(32)14-19-7-3-2-4-8-19/h2-13,18,23-25,27,37-38H,14-17,32H2,1H3,(H,33,41)(H,34,40)(H,35,42)(H,36,39)(H,43,44)/t18-,23+,24+,25+,27+/m0/s1. The number of hydrogen-bond acceptors (Lipinski definition) is 8. The van der Waals surface area contributed by atoms with Crippen molar-refractivity contribution in [3.8, 4) is 0 Å². The molecule has 0 fully saturated rings. The zero-order valence-electron chi connectivity index (χ0n) is 24.1. The summed E-state index contributed by atoms with van der Waals surface area (Å²) in [6, 6.07) is 17.1. The van der Waals surface area contributed by atoms with Crippen molar-refractivity contribution >= 4 is 40.4 Å². The Morgan fingerprint density at radius 2 is 1.39 bits per heavy atom. The molecule has 3 rings (SSSR count). The molecule has 13 heteroatoms. The predicted molar refractivity (Wildman–Crippen MR) is 161 cm³/mol. The van der Waals surface area contributed by atoms with Crippen LogP contribution in [-0.4, -0.2) is 88.3 Å². The van der Waals surface area contributed by atoms with E-state index in [4.69, 9.17) is 15.9 Å². The first kappa shape index (κ1) is 33.6. The van der Waals surface area contributed by atoms with Gasteiger partial charge in [0.25, 0.3) is 0 Å². The minimum absolute atomic E-state index is 0.0819. The SMILES string of the molecule is C[C@H](O)[C@@H](NC(=O)CNC(=O)[C@@H](Cc1ccc2ccccc2c1)NC(=O)[C@H](N)Cc1ccccc1)C(=O)N[C@H](CO)C(=O)O. The third-order valence-corrected chi connectivity index (χ3v) is 6.82. The molecule has 5 atom stereocenters. The number of aliphatic hydroxyl groups excluding tert-OH is 2. The highest BCUT2D eigenvalue weighted by molar-refractivity contribution is 5.94. The lowest BCUT2D eigenvalue weighted by Crippen LogP contribution is -2.58. The number of nitrogens with one attached hydrogen (secondary N) is 4. The molecule has 0 aliphatic rings. The second kappa shape index (κ2) is 16.1. The molecule has 44 heavy (non-hydrogen) atoms. The summed E-state index contributed by atoms with van der Waals surface area (Å²) in [5, 5.41) is 39.5. The average Bonchev–Trinajstić information content (AvgIpc) is 3.00. The van der Waals surface area contributed by atoms with E-state index in [2.05, 4.69) is 16.0 Å². The zero-order chi connectivity index (χ0) is 32.2. The number of rotatable bonds is 15.